The molecule has 0 aliphatic carbocycles. The number of primary amides is 2. The Balaban J connectivity index is 2.31. The molecular formula is C12H17N5O2. The van der Waals surface area contributed by atoms with Crippen molar-refractivity contribution in [3.05, 3.63) is 17.8 Å². The highest BCUT2D eigenvalue weighted by Gasteiger charge is 2.39. The van der Waals surface area contributed by atoms with Gasteiger partial charge >= 0.3 is 0 Å². The van der Waals surface area contributed by atoms with Crippen molar-refractivity contribution in [1.29, 1.82) is 0 Å². The van der Waals surface area contributed by atoms with Crippen molar-refractivity contribution in [2.45, 2.75) is 13.3 Å². The lowest BCUT2D eigenvalue weighted by Crippen LogP contribution is -2.37. The van der Waals surface area contributed by atoms with Crippen LogP contribution in [0.1, 0.15) is 23.8 Å². The number of carbonyl (C=O) groups is 2. The van der Waals surface area contributed by atoms with Crippen molar-refractivity contribution in [2.24, 2.45) is 16.9 Å². The lowest BCUT2D eigenvalue weighted by molar-refractivity contribution is -0.125. The molecule has 0 spiro atoms. The van der Waals surface area contributed by atoms with Gasteiger partial charge in [0.15, 0.2) is 5.82 Å². The Kier molecular flexibility index (Phi) is 3.05. The molecular weight excluding hydrogens is 246 g/mol. The van der Waals surface area contributed by atoms with Gasteiger partial charge in [0.25, 0.3) is 5.91 Å². The number of amides is 2. The van der Waals surface area contributed by atoms with Crippen molar-refractivity contribution in [3.63, 3.8) is 0 Å². The molecule has 0 radical (unpaired) electrons. The maximum Gasteiger partial charge on any atom is 0.267 e. The number of pyridine rings is 1. The molecule has 1 unspecified atom stereocenters. The van der Waals surface area contributed by atoms with Gasteiger partial charge < -0.3 is 22.1 Å². The summed E-state index contributed by atoms with van der Waals surface area (Å²) in [5.74, 6) is -0.487. The summed E-state index contributed by atoms with van der Waals surface area (Å²) in [5.41, 5.74) is 16.4. The maximum absolute atomic E-state index is 11.4. The molecule has 7 nitrogen and oxygen atoms in total. The van der Waals surface area contributed by atoms with Crippen molar-refractivity contribution in [1.82, 2.24) is 4.98 Å². The SMILES string of the molecule is CC1(C(N)=O)CCN(c2nc(C(N)=O)ccc2N)C1. The molecule has 1 aliphatic rings. The molecule has 2 heterocycles. The molecule has 1 aromatic rings. The van der Waals surface area contributed by atoms with E-state index < -0.39 is 11.3 Å². The molecule has 1 aliphatic heterocycles. The van der Waals surface area contributed by atoms with E-state index >= 15 is 0 Å². The first-order valence-corrected chi connectivity index (χ1v) is 5.95. The molecule has 6 N–H and O–H groups in total. The summed E-state index contributed by atoms with van der Waals surface area (Å²) >= 11 is 0. The van der Waals surface area contributed by atoms with Crippen LogP contribution < -0.4 is 22.1 Å². The van der Waals surface area contributed by atoms with E-state index in [9.17, 15) is 9.59 Å². The third kappa shape index (κ3) is 2.31. The van der Waals surface area contributed by atoms with Gasteiger partial charge in [-0.2, -0.15) is 0 Å². The number of nitrogens with two attached hydrogens (primary N) is 3. The molecule has 1 saturated heterocycles. The van der Waals surface area contributed by atoms with Crippen LogP contribution in [-0.4, -0.2) is 29.9 Å². The van der Waals surface area contributed by atoms with Crippen LogP contribution in [0.3, 0.4) is 0 Å². The Bertz CT molecular complexity index is 545. The Morgan fingerprint density at radius 2 is 2.05 bits per heavy atom. The third-order valence-electron chi connectivity index (χ3n) is 3.53. The lowest BCUT2D eigenvalue weighted by Gasteiger charge is -2.22. The molecule has 2 amide bonds. The van der Waals surface area contributed by atoms with Gasteiger partial charge in [0.2, 0.25) is 5.91 Å². The van der Waals surface area contributed by atoms with Gasteiger partial charge in [0.1, 0.15) is 5.69 Å². The summed E-state index contributed by atoms with van der Waals surface area (Å²) in [6.07, 6.45) is 0.629. The van der Waals surface area contributed by atoms with E-state index in [1.54, 1.807) is 6.07 Å². The number of nitrogens with zero attached hydrogens (tertiary/aromatic N) is 2. The number of aromatic nitrogens is 1. The molecule has 2 rings (SSSR count). The second kappa shape index (κ2) is 4.42. The number of carbonyl (C=O) groups excluding carboxylic acids is 2. The molecule has 1 aromatic heterocycles. The number of nitrogen functional groups attached to an aromatic ring is 1. The second-order valence-corrected chi connectivity index (χ2v) is 5.07. The van der Waals surface area contributed by atoms with Gasteiger partial charge in [-0.05, 0) is 25.5 Å². The third-order valence-corrected chi connectivity index (χ3v) is 3.53. The predicted molar refractivity (Wildman–Crippen MR) is 71.3 cm³/mol. The Hall–Kier alpha value is -2.31. The molecule has 7 heteroatoms. The fourth-order valence-electron chi connectivity index (χ4n) is 2.19. The van der Waals surface area contributed by atoms with E-state index in [0.717, 1.165) is 0 Å². The molecule has 0 aromatic carbocycles. The molecule has 1 atom stereocenters. The Labute approximate surface area is 110 Å². The summed E-state index contributed by atoms with van der Waals surface area (Å²) < 4.78 is 0. The van der Waals surface area contributed by atoms with E-state index in [1.165, 1.54) is 6.07 Å². The van der Waals surface area contributed by atoms with Gasteiger partial charge in [0.05, 0.1) is 11.1 Å². The second-order valence-electron chi connectivity index (χ2n) is 5.07. The van der Waals surface area contributed by atoms with Crippen molar-refractivity contribution < 1.29 is 9.59 Å². The van der Waals surface area contributed by atoms with Gasteiger partial charge in [-0.1, -0.05) is 0 Å². The smallest absolute Gasteiger partial charge is 0.267 e. The summed E-state index contributed by atoms with van der Waals surface area (Å²) in [4.78, 5) is 28.6. The Morgan fingerprint density at radius 3 is 2.58 bits per heavy atom. The van der Waals surface area contributed by atoms with Crippen molar-refractivity contribution in [2.75, 3.05) is 23.7 Å². The maximum atomic E-state index is 11.4. The van der Waals surface area contributed by atoms with Crippen LogP contribution in [0.2, 0.25) is 0 Å². The normalized spacial score (nSPS) is 22.5. The zero-order chi connectivity index (χ0) is 14.2. The van der Waals surface area contributed by atoms with Crippen LogP contribution in [0.15, 0.2) is 12.1 Å². The van der Waals surface area contributed by atoms with Crippen LogP contribution in [0.25, 0.3) is 0 Å². The quantitative estimate of drug-likeness (QED) is 0.675. The van der Waals surface area contributed by atoms with Crippen molar-refractivity contribution in [3.8, 4) is 0 Å². The van der Waals surface area contributed by atoms with Gasteiger partial charge in [-0.25, -0.2) is 4.98 Å². The van der Waals surface area contributed by atoms with E-state index in [-0.39, 0.29) is 11.6 Å². The minimum Gasteiger partial charge on any atom is -0.396 e. The van der Waals surface area contributed by atoms with Crippen LogP contribution in [0, 0.1) is 5.41 Å². The first-order chi connectivity index (χ1) is 8.83. The standard InChI is InChI=1S/C12H17N5O2/c1-12(11(15)19)4-5-17(6-12)10-7(13)2-3-8(16-10)9(14)18/h2-3H,4-6,13H2,1H3,(H2,14,18)(H2,15,19). The highest BCUT2D eigenvalue weighted by atomic mass is 16.1. The predicted octanol–water partition coefficient (Wildman–Crippen LogP) is -0.536. The van der Waals surface area contributed by atoms with E-state index in [4.69, 9.17) is 17.2 Å². The molecule has 1 fully saturated rings. The summed E-state index contributed by atoms with van der Waals surface area (Å²) in [7, 11) is 0. The van der Waals surface area contributed by atoms with Crippen molar-refractivity contribution >= 4 is 23.3 Å². The van der Waals surface area contributed by atoms with Crippen LogP contribution in [0.5, 0.6) is 0 Å². The molecule has 0 saturated carbocycles. The first-order valence-electron chi connectivity index (χ1n) is 5.95. The van der Waals surface area contributed by atoms with Crippen LogP contribution >= 0.6 is 0 Å². The largest absolute Gasteiger partial charge is 0.396 e. The van der Waals surface area contributed by atoms with Gasteiger partial charge in [-0.15, -0.1) is 0 Å². The van der Waals surface area contributed by atoms with Gasteiger partial charge in [0, 0.05) is 13.1 Å². The summed E-state index contributed by atoms with van der Waals surface area (Å²) in [6.45, 7) is 2.85. The molecule has 102 valence electrons. The number of hydrogen-bond acceptors (Lipinski definition) is 5. The highest BCUT2D eigenvalue weighted by Crippen LogP contribution is 2.34. The van der Waals surface area contributed by atoms with Crippen LogP contribution in [0.4, 0.5) is 11.5 Å². The fourth-order valence-corrected chi connectivity index (χ4v) is 2.19. The Morgan fingerprint density at radius 1 is 1.37 bits per heavy atom. The zero-order valence-corrected chi connectivity index (χ0v) is 10.7. The minimum absolute atomic E-state index is 0.150. The molecule has 19 heavy (non-hydrogen) atoms. The van der Waals surface area contributed by atoms with E-state index in [0.29, 0.717) is 31.0 Å². The van der Waals surface area contributed by atoms with E-state index in [2.05, 4.69) is 4.98 Å². The lowest BCUT2D eigenvalue weighted by atomic mass is 9.89. The average Bonchev–Trinajstić information content (AvgIpc) is 2.73. The number of rotatable bonds is 3. The minimum atomic E-state index is -0.613. The summed E-state index contributed by atoms with van der Waals surface area (Å²) in [6, 6.07) is 3.06. The fraction of sp³-hybridized carbons (Fsp3) is 0.417. The van der Waals surface area contributed by atoms with E-state index in [1.807, 2.05) is 11.8 Å². The van der Waals surface area contributed by atoms with Gasteiger partial charge in [-0.3, -0.25) is 9.59 Å². The van der Waals surface area contributed by atoms with Crippen LogP contribution in [-0.2, 0) is 4.79 Å². The highest BCUT2D eigenvalue weighted by molar-refractivity contribution is 5.92. The zero-order valence-electron chi connectivity index (χ0n) is 10.7. The topological polar surface area (TPSA) is 128 Å². The molecule has 0 bridgehead atoms. The first kappa shape index (κ1) is 13.1. The number of hydrogen-bond donors (Lipinski definition) is 3. The summed E-state index contributed by atoms with van der Waals surface area (Å²) in [5, 5.41) is 0. The monoisotopic (exact) mass is 263 g/mol. The average molecular weight is 263 g/mol. The number of anilines is 2.